The van der Waals surface area contributed by atoms with E-state index in [2.05, 4.69) is 18.3 Å². The molecular formula is C17H15FN2OS. The minimum Gasteiger partial charge on any atom is -0.312 e. The van der Waals surface area contributed by atoms with Crippen molar-refractivity contribution in [1.29, 1.82) is 5.26 Å². The predicted octanol–water partition coefficient (Wildman–Crippen LogP) is 4.14. The molecule has 1 N–H and O–H groups in total. The fraction of sp³-hybridized carbons (Fsp3) is 0.294. The first-order valence-electron chi connectivity index (χ1n) is 7.20. The second-order valence-corrected chi connectivity index (χ2v) is 6.71. The Hall–Kier alpha value is -2.19. The van der Waals surface area contributed by atoms with Crippen LogP contribution in [0.4, 0.5) is 9.39 Å². The molecule has 22 heavy (non-hydrogen) atoms. The summed E-state index contributed by atoms with van der Waals surface area (Å²) in [6.45, 7) is 2.19. The van der Waals surface area contributed by atoms with Crippen molar-refractivity contribution in [2.24, 2.45) is 5.92 Å². The first-order chi connectivity index (χ1) is 10.6. The van der Waals surface area contributed by atoms with Gasteiger partial charge in [-0.05, 0) is 42.9 Å². The summed E-state index contributed by atoms with van der Waals surface area (Å²) < 4.78 is 13.7. The Labute approximate surface area is 132 Å². The standard InChI is InChI=1S/C17H15FN2OS/c1-10-6-7-11-13(9-19)17(22-15(11)8-10)20-16(21)12-4-2-3-5-14(12)18/h2-5,10H,6-8H2,1H3,(H,20,21)/t10-/m1/s1. The second-order valence-electron chi connectivity index (χ2n) is 5.60. The van der Waals surface area contributed by atoms with Gasteiger partial charge in [-0.25, -0.2) is 4.39 Å². The summed E-state index contributed by atoms with van der Waals surface area (Å²) in [5, 5.41) is 12.6. The van der Waals surface area contributed by atoms with Crippen molar-refractivity contribution in [3.05, 3.63) is 51.7 Å². The van der Waals surface area contributed by atoms with Crippen LogP contribution < -0.4 is 5.32 Å². The molecule has 1 amide bonds. The summed E-state index contributed by atoms with van der Waals surface area (Å²) in [7, 11) is 0. The van der Waals surface area contributed by atoms with E-state index in [0.29, 0.717) is 16.5 Å². The molecule has 3 nitrogen and oxygen atoms in total. The number of nitriles is 1. The van der Waals surface area contributed by atoms with E-state index in [4.69, 9.17) is 0 Å². The van der Waals surface area contributed by atoms with Gasteiger partial charge in [0.1, 0.15) is 16.9 Å². The topological polar surface area (TPSA) is 52.9 Å². The van der Waals surface area contributed by atoms with Gasteiger partial charge in [0, 0.05) is 4.88 Å². The number of hydrogen-bond acceptors (Lipinski definition) is 3. The third-order valence-electron chi connectivity index (χ3n) is 3.97. The van der Waals surface area contributed by atoms with Gasteiger partial charge in [0.15, 0.2) is 0 Å². The first kappa shape index (κ1) is 14.7. The number of carbonyl (C=O) groups excluding carboxylic acids is 1. The predicted molar refractivity (Wildman–Crippen MR) is 84.6 cm³/mol. The minimum absolute atomic E-state index is 0.00821. The monoisotopic (exact) mass is 314 g/mol. The number of nitrogens with zero attached hydrogens (tertiary/aromatic N) is 1. The average Bonchev–Trinajstić information content (AvgIpc) is 2.83. The summed E-state index contributed by atoms with van der Waals surface area (Å²) >= 11 is 1.44. The maximum Gasteiger partial charge on any atom is 0.259 e. The second kappa shape index (κ2) is 5.90. The molecule has 3 rings (SSSR count). The van der Waals surface area contributed by atoms with Crippen LogP contribution in [-0.2, 0) is 12.8 Å². The van der Waals surface area contributed by atoms with Crippen LogP contribution in [0.15, 0.2) is 24.3 Å². The smallest absolute Gasteiger partial charge is 0.259 e. The SMILES string of the molecule is C[C@@H]1CCc2c(sc(NC(=O)c3ccccc3F)c2C#N)C1. The van der Waals surface area contributed by atoms with Gasteiger partial charge < -0.3 is 5.32 Å². The fourth-order valence-electron chi connectivity index (χ4n) is 2.77. The summed E-state index contributed by atoms with van der Waals surface area (Å²) in [5.74, 6) is -0.484. The number of nitrogens with one attached hydrogen (secondary N) is 1. The lowest BCUT2D eigenvalue weighted by molar-refractivity contribution is 0.102. The van der Waals surface area contributed by atoms with Crippen molar-refractivity contribution in [1.82, 2.24) is 0 Å². The molecule has 1 aromatic carbocycles. The summed E-state index contributed by atoms with van der Waals surface area (Å²) in [5.41, 5.74) is 1.58. The van der Waals surface area contributed by atoms with Crippen molar-refractivity contribution < 1.29 is 9.18 Å². The molecule has 1 atom stereocenters. The number of halogens is 1. The van der Waals surface area contributed by atoms with Gasteiger partial charge in [0.05, 0.1) is 11.1 Å². The Kier molecular flexibility index (Phi) is 3.95. The third kappa shape index (κ3) is 2.62. The van der Waals surface area contributed by atoms with Gasteiger partial charge in [-0.2, -0.15) is 5.26 Å². The van der Waals surface area contributed by atoms with Gasteiger partial charge in [-0.3, -0.25) is 4.79 Å². The zero-order chi connectivity index (χ0) is 15.7. The highest BCUT2D eigenvalue weighted by molar-refractivity contribution is 7.16. The van der Waals surface area contributed by atoms with Gasteiger partial charge >= 0.3 is 0 Å². The molecule has 0 bridgehead atoms. The number of benzene rings is 1. The van der Waals surface area contributed by atoms with E-state index in [1.165, 1.54) is 34.4 Å². The molecule has 0 saturated heterocycles. The van der Waals surface area contributed by atoms with Crippen LogP contribution >= 0.6 is 11.3 Å². The molecule has 112 valence electrons. The molecule has 0 radical (unpaired) electrons. The van der Waals surface area contributed by atoms with E-state index in [1.54, 1.807) is 6.07 Å². The Bertz CT molecular complexity index is 775. The minimum atomic E-state index is -0.562. The lowest BCUT2D eigenvalue weighted by Gasteiger charge is -2.17. The molecule has 0 aliphatic heterocycles. The van der Waals surface area contributed by atoms with Gasteiger partial charge in [-0.15, -0.1) is 11.3 Å². The number of thiophene rings is 1. The molecule has 0 saturated carbocycles. The third-order valence-corrected chi connectivity index (χ3v) is 5.14. The van der Waals surface area contributed by atoms with E-state index in [0.717, 1.165) is 24.8 Å². The molecule has 0 unspecified atom stereocenters. The lowest BCUT2D eigenvalue weighted by atomic mass is 9.88. The molecule has 5 heteroatoms. The Morgan fingerprint density at radius 2 is 2.23 bits per heavy atom. The van der Waals surface area contributed by atoms with Crippen LogP contribution in [0.25, 0.3) is 0 Å². The Morgan fingerprint density at radius 3 is 2.95 bits per heavy atom. The van der Waals surface area contributed by atoms with Crippen molar-refractivity contribution in [2.45, 2.75) is 26.2 Å². The Morgan fingerprint density at radius 1 is 1.45 bits per heavy atom. The average molecular weight is 314 g/mol. The first-order valence-corrected chi connectivity index (χ1v) is 8.02. The quantitative estimate of drug-likeness (QED) is 0.906. The van der Waals surface area contributed by atoms with Gasteiger partial charge in [-0.1, -0.05) is 19.1 Å². The zero-order valence-corrected chi connectivity index (χ0v) is 13.0. The van der Waals surface area contributed by atoms with E-state index in [1.807, 2.05) is 0 Å². The van der Waals surface area contributed by atoms with Crippen LogP contribution in [0.5, 0.6) is 0 Å². The molecule has 0 spiro atoms. The number of hydrogen-bond donors (Lipinski definition) is 1. The number of rotatable bonds is 2. The maximum atomic E-state index is 13.7. The normalized spacial score (nSPS) is 16.7. The number of fused-ring (bicyclic) bond motifs is 1. The van der Waals surface area contributed by atoms with E-state index >= 15 is 0 Å². The van der Waals surface area contributed by atoms with E-state index in [-0.39, 0.29) is 5.56 Å². The number of carbonyl (C=O) groups is 1. The highest BCUT2D eigenvalue weighted by Gasteiger charge is 2.25. The molecule has 1 aromatic heterocycles. The molecular weight excluding hydrogens is 299 g/mol. The van der Waals surface area contributed by atoms with Crippen LogP contribution in [0.3, 0.4) is 0 Å². The maximum absolute atomic E-state index is 13.7. The van der Waals surface area contributed by atoms with Crippen LogP contribution in [0, 0.1) is 23.1 Å². The van der Waals surface area contributed by atoms with Gasteiger partial charge in [0.2, 0.25) is 0 Å². The Balaban J connectivity index is 1.92. The van der Waals surface area contributed by atoms with Crippen molar-refractivity contribution in [3.63, 3.8) is 0 Å². The summed E-state index contributed by atoms with van der Waals surface area (Å²) in [6.07, 6.45) is 2.86. The van der Waals surface area contributed by atoms with Crippen molar-refractivity contribution in [2.75, 3.05) is 5.32 Å². The molecule has 0 fully saturated rings. The highest BCUT2D eigenvalue weighted by atomic mass is 32.1. The van der Waals surface area contributed by atoms with Crippen molar-refractivity contribution in [3.8, 4) is 6.07 Å². The summed E-state index contributed by atoms with van der Waals surface area (Å²) in [6, 6.07) is 8.04. The van der Waals surface area contributed by atoms with Crippen LogP contribution in [0.1, 0.15) is 39.7 Å². The molecule has 1 aliphatic carbocycles. The molecule has 1 heterocycles. The van der Waals surface area contributed by atoms with Crippen LogP contribution in [0.2, 0.25) is 0 Å². The van der Waals surface area contributed by atoms with Crippen molar-refractivity contribution >= 4 is 22.2 Å². The fourth-order valence-corrected chi connectivity index (χ4v) is 4.13. The van der Waals surface area contributed by atoms with E-state index < -0.39 is 11.7 Å². The molecule has 1 aliphatic rings. The highest BCUT2D eigenvalue weighted by Crippen LogP contribution is 2.39. The molecule has 2 aromatic rings. The number of anilines is 1. The van der Waals surface area contributed by atoms with Gasteiger partial charge in [0.25, 0.3) is 5.91 Å². The van der Waals surface area contributed by atoms with Crippen LogP contribution in [-0.4, -0.2) is 5.91 Å². The zero-order valence-electron chi connectivity index (χ0n) is 12.1. The number of amides is 1. The largest absolute Gasteiger partial charge is 0.312 e. The van der Waals surface area contributed by atoms with E-state index in [9.17, 15) is 14.4 Å². The summed E-state index contributed by atoms with van der Waals surface area (Å²) in [4.78, 5) is 13.4. The lowest BCUT2D eigenvalue weighted by Crippen LogP contribution is -2.13.